The lowest BCUT2D eigenvalue weighted by molar-refractivity contribution is 0.102. The van der Waals surface area contributed by atoms with E-state index in [4.69, 9.17) is 9.15 Å². The molecule has 4 rings (SSSR count). The highest BCUT2D eigenvalue weighted by Crippen LogP contribution is 2.26. The first-order valence-electron chi connectivity index (χ1n) is 8.06. The number of benzene rings is 1. The number of furan rings is 1. The molecule has 0 fully saturated rings. The smallest absolute Gasteiger partial charge is 0.321 e. The number of rotatable bonds is 5. The molecule has 0 bridgehead atoms. The molecule has 0 aliphatic carbocycles. The van der Waals surface area contributed by atoms with Crippen LogP contribution in [0.4, 0.5) is 5.69 Å². The Labute approximate surface area is 158 Å². The van der Waals surface area contributed by atoms with Gasteiger partial charge >= 0.3 is 6.01 Å². The summed E-state index contributed by atoms with van der Waals surface area (Å²) >= 11 is 1.35. The van der Waals surface area contributed by atoms with Crippen molar-refractivity contribution in [1.29, 1.82) is 0 Å². The Balaban J connectivity index is 1.47. The summed E-state index contributed by atoms with van der Waals surface area (Å²) in [6.45, 7) is 1.86. The number of carbonyl (C=O) groups is 1. The van der Waals surface area contributed by atoms with Gasteiger partial charge in [-0.25, -0.2) is 15.0 Å². The van der Waals surface area contributed by atoms with Gasteiger partial charge in [0.2, 0.25) is 0 Å². The van der Waals surface area contributed by atoms with Crippen molar-refractivity contribution in [1.82, 2.24) is 15.0 Å². The highest BCUT2D eigenvalue weighted by atomic mass is 32.1. The zero-order chi connectivity index (χ0) is 18.6. The third-order valence-corrected chi connectivity index (χ3v) is 4.39. The molecule has 0 unspecified atom stereocenters. The van der Waals surface area contributed by atoms with Gasteiger partial charge in [0.15, 0.2) is 10.8 Å². The SMILES string of the molecule is Cc1ccc(-c2nc(C(=O)Nc3cccc(Oc4ncccn4)c3)cs2)o1. The van der Waals surface area contributed by atoms with Crippen LogP contribution in [0.3, 0.4) is 0 Å². The van der Waals surface area contributed by atoms with E-state index in [2.05, 4.69) is 20.3 Å². The summed E-state index contributed by atoms with van der Waals surface area (Å²) in [5, 5.41) is 5.16. The van der Waals surface area contributed by atoms with Crippen LogP contribution >= 0.6 is 11.3 Å². The quantitative estimate of drug-likeness (QED) is 0.548. The van der Waals surface area contributed by atoms with Crippen molar-refractivity contribution in [3.8, 4) is 22.5 Å². The van der Waals surface area contributed by atoms with Crippen molar-refractivity contribution >= 4 is 22.9 Å². The first-order chi connectivity index (χ1) is 13.2. The Morgan fingerprint density at radius 2 is 2.00 bits per heavy atom. The van der Waals surface area contributed by atoms with Crippen LogP contribution in [0.5, 0.6) is 11.8 Å². The predicted octanol–water partition coefficient (Wildman–Crippen LogP) is 4.55. The van der Waals surface area contributed by atoms with Crippen molar-refractivity contribution < 1.29 is 13.9 Å². The number of ether oxygens (including phenoxy) is 1. The number of nitrogens with one attached hydrogen (secondary N) is 1. The third-order valence-electron chi connectivity index (χ3n) is 3.53. The van der Waals surface area contributed by atoms with Crippen LogP contribution in [0.2, 0.25) is 0 Å². The topological polar surface area (TPSA) is 90.1 Å². The molecule has 27 heavy (non-hydrogen) atoms. The number of carbonyl (C=O) groups excluding carboxylic acids is 1. The lowest BCUT2D eigenvalue weighted by atomic mass is 10.3. The number of aryl methyl sites for hydroxylation is 1. The van der Waals surface area contributed by atoms with Gasteiger partial charge in [0, 0.05) is 29.5 Å². The summed E-state index contributed by atoms with van der Waals surface area (Å²) in [5.41, 5.74) is 0.901. The van der Waals surface area contributed by atoms with E-state index in [-0.39, 0.29) is 11.9 Å². The van der Waals surface area contributed by atoms with Crippen LogP contribution in [-0.4, -0.2) is 20.9 Å². The number of nitrogens with zero attached hydrogens (tertiary/aromatic N) is 3. The molecule has 134 valence electrons. The molecular formula is C19H14N4O3S. The summed E-state index contributed by atoms with van der Waals surface area (Å²) in [6, 6.07) is 12.6. The van der Waals surface area contributed by atoms with Crippen molar-refractivity contribution in [3.05, 3.63) is 71.7 Å². The zero-order valence-electron chi connectivity index (χ0n) is 14.2. The first-order valence-corrected chi connectivity index (χ1v) is 8.94. The largest absolute Gasteiger partial charge is 0.459 e. The highest BCUT2D eigenvalue weighted by molar-refractivity contribution is 7.13. The molecule has 0 atom stereocenters. The monoisotopic (exact) mass is 378 g/mol. The maximum Gasteiger partial charge on any atom is 0.321 e. The van der Waals surface area contributed by atoms with Gasteiger partial charge in [0.05, 0.1) is 0 Å². The predicted molar refractivity (Wildman–Crippen MR) is 101 cm³/mol. The number of anilines is 1. The first kappa shape index (κ1) is 16.9. The third kappa shape index (κ3) is 4.01. The molecule has 4 aromatic rings. The molecule has 3 aromatic heterocycles. The Hall–Kier alpha value is -3.52. The second kappa shape index (κ2) is 7.38. The van der Waals surface area contributed by atoms with E-state index in [1.807, 2.05) is 19.1 Å². The van der Waals surface area contributed by atoms with Crippen molar-refractivity contribution in [2.75, 3.05) is 5.32 Å². The summed E-state index contributed by atoms with van der Waals surface area (Å²) in [7, 11) is 0. The van der Waals surface area contributed by atoms with E-state index in [9.17, 15) is 4.79 Å². The van der Waals surface area contributed by atoms with Crippen LogP contribution in [0.25, 0.3) is 10.8 Å². The van der Waals surface area contributed by atoms with E-state index in [0.717, 1.165) is 5.76 Å². The summed E-state index contributed by atoms with van der Waals surface area (Å²) < 4.78 is 11.1. The summed E-state index contributed by atoms with van der Waals surface area (Å²) in [5.74, 6) is 1.65. The van der Waals surface area contributed by atoms with E-state index in [1.165, 1.54) is 11.3 Å². The van der Waals surface area contributed by atoms with Gasteiger partial charge in [0.1, 0.15) is 17.2 Å². The van der Waals surface area contributed by atoms with Gasteiger partial charge in [-0.05, 0) is 37.3 Å². The normalized spacial score (nSPS) is 10.6. The molecule has 1 N–H and O–H groups in total. The average molecular weight is 378 g/mol. The Bertz CT molecular complexity index is 1080. The Kier molecular flexibility index (Phi) is 4.63. The lowest BCUT2D eigenvalue weighted by Gasteiger charge is -2.06. The van der Waals surface area contributed by atoms with Crippen molar-refractivity contribution in [2.24, 2.45) is 0 Å². The Morgan fingerprint density at radius 1 is 1.15 bits per heavy atom. The van der Waals surface area contributed by atoms with Crippen LogP contribution < -0.4 is 10.1 Å². The molecule has 1 aromatic carbocycles. The minimum absolute atomic E-state index is 0.235. The highest BCUT2D eigenvalue weighted by Gasteiger charge is 2.14. The second-order valence-electron chi connectivity index (χ2n) is 5.56. The van der Waals surface area contributed by atoms with Crippen LogP contribution in [0.1, 0.15) is 16.2 Å². The number of aromatic nitrogens is 3. The van der Waals surface area contributed by atoms with Gasteiger partial charge in [-0.3, -0.25) is 4.79 Å². The van der Waals surface area contributed by atoms with Gasteiger partial charge in [-0.15, -0.1) is 11.3 Å². The van der Waals surface area contributed by atoms with Crippen molar-refractivity contribution in [2.45, 2.75) is 6.92 Å². The fraction of sp³-hybridized carbons (Fsp3) is 0.0526. The average Bonchev–Trinajstić information content (AvgIpc) is 3.32. The molecule has 1 amide bonds. The lowest BCUT2D eigenvalue weighted by Crippen LogP contribution is -2.12. The second-order valence-corrected chi connectivity index (χ2v) is 6.42. The van der Waals surface area contributed by atoms with E-state index in [1.54, 1.807) is 48.1 Å². The number of amides is 1. The minimum Gasteiger partial charge on any atom is -0.459 e. The van der Waals surface area contributed by atoms with Gasteiger partial charge in [-0.2, -0.15) is 0 Å². The number of hydrogen-bond acceptors (Lipinski definition) is 7. The fourth-order valence-electron chi connectivity index (χ4n) is 2.32. The molecule has 0 aliphatic heterocycles. The molecule has 8 heteroatoms. The van der Waals surface area contributed by atoms with Gasteiger partial charge in [-0.1, -0.05) is 6.07 Å². The molecule has 0 spiro atoms. The van der Waals surface area contributed by atoms with Gasteiger partial charge < -0.3 is 14.5 Å². The molecule has 0 radical (unpaired) electrons. The minimum atomic E-state index is -0.311. The maximum atomic E-state index is 12.5. The van der Waals surface area contributed by atoms with E-state index in [0.29, 0.717) is 27.9 Å². The summed E-state index contributed by atoms with van der Waals surface area (Å²) in [4.78, 5) is 24.8. The Morgan fingerprint density at radius 3 is 2.78 bits per heavy atom. The maximum absolute atomic E-state index is 12.5. The van der Waals surface area contributed by atoms with E-state index >= 15 is 0 Å². The van der Waals surface area contributed by atoms with Crippen molar-refractivity contribution in [3.63, 3.8) is 0 Å². The molecule has 0 saturated carbocycles. The van der Waals surface area contributed by atoms with E-state index < -0.39 is 0 Å². The molecule has 0 aliphatic rings. The standard InChI is InChI=1S/C19H14N4O3S/c1-12-6-7-16(25-12)18-23-15(11-27-18)17(24)22-13-4-2-5-14(10-13)26-19-20-8-3-9-21-19/h2-11H,1H3,(H,22,24). The fourth-order valence-corrected chi connectivity index (χ4v) is 3.08. The molecule has 3 heterocycles. The molecule has 0 saturated heterocycles. The van der Waals surface area contributed by atoms with Crippen LogP contribution in [-0.2, 0) is 0 Å². The molecular weight excluding hydrogens is 364 g/mol. The zero-order valence-corrected chi connectivity index (χ0v) is 15.1. The summed E-state index contributed by atoms with van der Waals surface area (Å²) in [6.07, 6.45) is 3.18. The van der Waals surface area contributed by atoms with Crippen LogP contribution in [0, 0.1) is 6.92 Å². The van der Waals surface area contributed by atoms with Gasteiger partial charge in [0.25, 0.3) is 5.91 Å². The molecule has 7 nitrogen and oxygen atoms in total. The number of hydrogen-bond donors (Lipinski definition) is 1. The number of thiazole rings is 1. The van der Waals surface area contributed by atoms with Crippen LogP contribution in [0.15, 0.2) is 64.7 Å².